The van der Waals surface area contributed by atoms with Gasteiger partial charge >= 0.3 is 0 Å². The van der Waals surface area contributed by atoms with Gasteiger partial charge in [0.15, 0.2) is 28.4 Å². The number of anilines is 2. The van der Waals surface area contributed by atoms with Crippen LogP contribution in [0.4, 0.5) is 11.6 Å². The molecular weight excluding hydrogens is 310 g/mol. The van der Waals surface area contributed by atoms with E-state index in [0.29, 0.717) is 6.54 Å². The Hall–Kier alpha value is -2.13. The van der Waals surface area contributed by atoms with Crippen molar-refractivity contribution in [3.63, 3.8) is 0 Å². The Bertz CT molecular complexity index is 551. The number of nitrogens with one attached hydrogen (secondary N) is 1. The summed E-state index contributed by atoms with van der Waals surface area (Å²) in [5.74, 6) is -0.897. The highest BCUT2D eigenvalue weighted by molar-refractivity contribution is 6.31. The Labute approximate surface area is 133 Å². The third-order valence-electron chi connectivity index (χ3n) is 2.71. The fraction of sp³-hybridized carbons (Fsp3) is 0.500. The minimum atomic E-state index is -0.659. The van der Waals surface area contributed by atoms with E-state index in [4.69, 9.17) is 33.9 Å². The molecule has 0 aromatic carbocycles. The molecule has 0 unspecified atom stereocenters. The van der Waals surface area contributed by atoms with E-state index in [1.807, 2.05) is 0 Å². The Morgan fingerprint density at radius 2 is 1.86 bits per heavy atom. The highest BCUT2D eigenvalue weighted by atomic mass is 35.5. The Morgan fingerprint density at radius 3 is 2.55 bits per heavy atom. The normalized spacial score (nSPS) is 11.5. The number of carbonyl (C=O) groups is 1. The van der Waals surface area contributed by atoms with Crippen LogP contribution in [0.5, 0.6) is 0 Å². The first kappa shape index (κ1) is 17.9. The molecule has 0 aliphatic rings. The first-order valence-corrected chi connectivity index (χ1v) is 7.14. The zero-order chi connectivity index (χ0) is 16.5. The molecule has 1 aromatic rings. The summed E-state index contributed by atoms with van der Waals surface area (Å²) in [6, 6.07) is 0. The second-order valence-electron chi connectivity index (χ2n) is 4.49. The molecule has 0 aliphatic carbocycles. The molecule has 1 heterocycles. The van der Waals surface area contributed by atoms with E-state index < -0.39 is 5.91 Å². The maximum Gasteiger partial charge on any atom is 0.280 e. The number of aliphatic hydroxyl groups excluding tert-OH is 1. The summed E-state index contributed by atoms with van der Waals surface area (Å²) in [4.78, 5) is 23.4. The third kappa shape index (κ3) is 5.70. The fourth-order valence-corrected chi connectivity index (χ4v) is 1.73. The van der Waals surface area contributed by atoms with Crippen molar-refractivity contribution in [3.8, 4) is 0 Å². The number of hydrogen-bond donors (Lipinski definition) is 5. The Morgan fingerprint density at radius 1 is 1.18 bits per heavy atom. The maximum atomic E-state index is 11.9. The highest BCUT2D eigenvalue weighted by Crippen LogP contribution is 2.17. The number of aliphatic imine (C=N–C) groups is 1. The van der Waals surface area contributed by atoms with Crippen LogP contribution in [0.25, 0.3) is 0 Å². The van der Waals surface area contributed by atoms with Crippen molar-refractivity contribution in [2.24, 2.45) is 10.7 Å². The number of nitrogen functional groups attached to an aromatic ring is 2. The van der Waals surface area contributed by atoms with Crippen molar-refractivity contribution in [2.75, 3.05) is 24.6 Å². The fourth-order valence-electron chi connectivity index (χ4n) is 1.60. The first-order chi connectivity index (χ1) is 10.5. The summed E-state index contributed by atoms with van der Waals surface area (Å²) in [6.45, 7) is 0.662. The maximum absolute atomic E-state index is 11.9. The number of nitrogens with two attached hydrogens (primary N) is 3. The molecule has 0 atom stereocenters. The van der Waals surface area contributed by atoms with E-state index in [1.165, 1.54) is 0 Å². The quantitative estimate of drug-likeness (QED) is 0.264. The zero-order valence-electron chi connectivity index (χ0n) is 12.0. The van der Waals surface area contributed by atoms with Crippen molar-refractivity contribution < 1.29 is 9.90 Å². The number of carbonyl (C=O) groups excluding carboxylic acids is 1. The van der Waals surface area contributed by atoms with Crippen molar-refractivity contribution in [1.29, 1.82) is 0 Å². The molecule has 122 valence electrons. The zero-order valence-corrected chi connectivity index (χ0v) is 12.8. The van der Waals surface area contributed by atoms with Gasteiger partial charge in [0, 0.05) is 13.2 Å². The molecular formula is C12H20ClN7O2. The van der Waals surface area contributed by atoms with Gasteiger partial charge in [-0.1, -0.05) is 24.4 Å². The monoisotopic (exact) mass is 329 g/mol. The first-order valence-electron chi connectivity index (χ1n) is 6.76. The van der Waals surface area contributed by atoms with Gasteiger partial charge in [0.05, 0.1) is 0 Å². The van der Waals surface area contributed by atoms with E-state index in [9.17, 15) is 4.79 Å². The lowest BCUT2D eigenvalue weighted by Gasteiger charge is -2.07. The molecule has 0 spiro atoms. The standard InChI is InChI=1S/C12H20ClN7O2/c13-8-10(15)19-9(14)7(18-8)11(22)20-12(16)17-5-3-1-2-4-6-21/h21H,1-6H2,(H4,14,15,19)(H3,16,17,20,22). The molecule has 0 bridgehead atoms. The highest BCUT2D eigenvalue weighted by Gasteiger charge is 2.16. The second-order valence-corrected chi connectivity index (χ2v) is 4.85. The molecule has 22 heavy (non-hydrogen) atoms. The molecule has 0 saturated carbocycles. The van der Waals surface area contributed by atoms with Gasteiger partial charge in [-0.15, -0.1) is 0 Å². The summed E-state index contributed by atoms with van der Waals surface area (Å²) >= 11 is 5.70. The molecule has 1 aromatic heterocycles. The van der Waals surface area contributed by atoms with E-state index in [0.717, 1.165) is 25.7 Å². The number of nitrogens with zero attached hydrogens (tertiary/aromatic N) is 3. The van der Waals surface area contributed by atoms with Gasteiger partial charge in [0.1, 0.15) is 0 Å². The molecule has 10 heteroatoms. The van der Waals surface area contributed by atoms with Gasteiger partial charge in [-0.2, -0.15) is 0 Å². The van der Waals surface area contributed by atoms with Gasteiger partial charge in [-0.25, -0.2) is 9.97 Å². The number of unbranched alkanes of at least 4 members (excludes halogenated alkanes) is 3. The minimum Gasteiger partial charge on any atom is -0.396 e. The number of amides is 1. The van der Waals surface area contributed by atoms with Crippen molar-refractivity contribution in [3.05, 3.63) is 10.8 Å². The number of guanidine groups is 1. The van der Waals surface area contributed by atoms with Crippen LogP contribution in [-0.4, -0.2) is 40.1 Å². The van der Waals surface area contributed by atoms with Crippen LogP contribution in [0.2, 0.25) is 5.15 Å². The number of aliphatic hydroxyl groups is 1. The van der Waals surface area contributed by atoms with Gasteiger partial charge in [-0.3, -0.25) is 15.1 Å². The molecule has 0 radical (unpaired) electrons. The lowest BCUT2D eigenvalue weighted by Crippen LogP contribution is -2.38. The third-order valence-corrected chi connectivity index (χ3v) is 2.99. The van der Waals surface area contributed by atoms with E-state index in [2.05, 4.69) is 20.3 Å². The van der Waals surface area contributed by atoms with Crippen molar-refractivity contribution in [1.82, 2.24) is 15.3 Å². The van der Waals surface area contributed by atoms with Crippen molar-refractivity contribution >= 4 is 35.1 Å². The molecule has 0 saturated heterocycles. The van der Waals surface area contributed by atoms with Gasteiger partial charge in [0.25, 0.3) is 5.91 Å². The SMILES string of the molecule is NC(=NCCCCCCO)NC(=O)c1nc(Cl)c(N)nc1N. The van der Waals surface area contributed by atoms with Crippen LogP contribution in [0.15, 0.2) is 4.99 Å². The lowest BCUT2D eigenvalue weighted by molar-refractivity contribution is 0.0972. The molecule has 9 nitrogen and oxygen atoms in total. The van der Waals surface area contributed by atoms with Gasteiger partial charge in [0.2, 0.25) is 0 Å². The van der Waals surface area contributed by atoms with E-state index >= 15 is 0 Å². The number of rotatable bonds is 7. The van der Waals surface area contributed by atoms with Crippen LogP contribution in [0.3, 0.4) is 0 Å². The average Bonchev–Trinajstić information content (AvgIpc) is 2.46. The molecule has 1 amide bonds. The number of hydrogen-bond acceptors (Lipinski definition) is 7. The molecule has 0 aliphatic heterocycles. The number of halogens is 1. The lowest BCUT2D eigenvalue weighted by atomic mass is 10.2. The predicted octanol–water partition coefficient (Wildman–Crippen LogP) is -0.108. The topological polar surface area (TPSA) is 166 Å². The van der Waals surface area contributed by atoms with Gasteiger partial charge in [-0.05, 0) is 12.8 Å². The molecule has 0 fully saturated rings. The average molecular weight is 330 g/mol. The second kappa shape index (κ2) is 9.00. The summed E-state index contributed by atoms with van der Waals surface area (Å²) in [7, 11) is 0. The molecule has 8 N–H and O–H groups in total. The summed E-state index contributed by atoms with van der Waals surface area (Å²) in [5.41, 5.74) is 16.4. The van der Waals surface area contributed by atoms with Crippen LogP contribution < -0.4 is 22.5 Å². The Balaban J connectivity index is 2.52. The van der Waals surface area contributed by atoms with Crippen molar-refractivity contribution in [2.45, 2.75) is 25.7 Å². The summed E-state index contributed by atoms with van der Waals surface area (Å²) in [6.07, 6.45) is 3.43. The van der Waals surface area contributed by atoms with E-state index in [-0.39, 0.29) is 35.0 Å². The minimum absolute atomic E-state index is 0.0405. The van der Waals surface area contributed by atoms with Crippen LogP contribution in [0, 0.1) is 0 Å². The van der Waals surface area contributed by atoms with Crippen LogP contribution in [-0.2, 0) is 0 Å². The summed E-state index contributed by atoms with van der Waals surface area (Å²) < 4.78 is 0. The smallest absolute Gasteiger partial charge is 0.280 e. The van der Waals surface area contributed by atoms with Gasteiger partial charge < -0.3 is 22.3 Å². The number of aromatic nitrogens is 2. The largest absolute Gasteiger partial charge is 0.396 e. The predicted molar refractivity (Wildman–Crippen MR) is 85.4 cm³/mol. The summed E-state index contributed by atoms with van der Waals surface area (Å²) in [5, 5.41) is 10.9. The van der Waals surface area contributed by atoms with Crippen LogP contribution in [0.1, 0.15) is 36.2 Å². The molecule has 1 rings (SSSR count). The van der Waals surface area contributed by atoms with Crippen LogP contribution >= 0.6 is 11.6 Å². The Kier molecular flexibility index (Phi) is 7.33. The van der Waals surface area contributed by atoms with E-state index in [1.54, 1.807) is 0 Å².